The molecule has 6 rings (SSSR count). The van der Waals surface area contributed by atoms with Crippen LogP contribution in [0.2, 0.25) is 0 Å². The molecule has 0 N–H and O–H groups in total. The molecule has 0 saturated heterocycles. The molecule has 1 aromatic heterocycles. The lowest BCUT2D eigenvalue weighted by Crippen LogP contribution is -2.56. The molecule has 0 atom stereocenters. The molecule has 2 aromatic rings. The van der Waals surface area contributed by atoms with E-state index in [4.69, 9.17) is 9.47 Å². The quantitative estimate of drug-likeness (QED) is 0.333. The van der Waals surface area contributed by atoms with Crippen LogP contribution in [-0.2, 0) is 22.6 Å². The summed E-state index contributed by atoms with van der Waals surface area (Å²) in [4.78, 5) is 32.7. The van der Waals surface area contributed by atoms with Crippen LogP contribution >= 0.6 is 11.3 Å². The minimum atomic E-state index is -0.268. The highest BCUT2D eigenvalue weighted by Crippen LogP contribution is 2.60. The first-order valence-corrected chi connectivity index (χ1v) is 14.7. The Balaban J connectivity index is 1.30. The average Bonchev–Trinajstić information content (AvgIpc) is 3.42. The summed E-state index contributed by atoms with van der Waals surface area (Å²) in [6.07, 6.45) is 9.31. The number of nitrogens with zero attached hydrogens (tertiary/aromatic N) is 2. The van der Waals surface area contributed by atoms with Crippen LogP contribution in [0.15, 0.2) is 48.4 Å². The minimum Gasteiger partial charge on any atom is -0.493 e. The summed E-state index contributed by atoms with van der Waals surface area (Å²) in [5.41, 5.74) is 0.801. The molecule has 38 heavy (non-hydrogen) atoms. The van der Waals surface area contributed by atoms with Crippen LogP contribution in [0.25, 0.3) is 0 Å². The highest BCUT2D eigenvalue weighted by molar-refractivity contribution is 7.09. The van der Waals surface area contributed by atoms with Crippen molar-refractivity contribution in [2.24, 2.45) is 23.2 Å². The third-order valence-corrected chi connectivity index (χ3v) is 9.71. The van der Waals surface area contributed by atoms with Gasteiger partial charge >= 0.3 is 0 Å². The van der Waals surface area contributed by atoms with E-state index in [1.807, 2.05) is 34.5 Å². The van der Waals surface area contributed by atoms with Crippen LogP contribution in [-0.4, -0.2) is 55.5 Å². The Morgan fingerprint density at radius 1 is 1.03 bits per heavy atom. The topological polar surface area (TPSA) is 59.1 Å². The first kappa shape index (κ1) is 26.8. The molecule has 204 valence electrons. The fraction of sp³-hybridized carbons (Fsp3) is 0.548. The van der Waals surface area contributed by atoms with Crippen LogP contribution in [0.4, 0.5) is 0 Å². The summed E-state index contributed by atoms with van der Waals surface area (Å²) in [7, 11) is 3.25. The third kappa shape index (κ3) is 5.63. The summed E-state index contributed by atoms with van der Waals surface area (Å²) in [5.74, 6) is 3.58. The Labute approximate surface area is 230 Å². The third-order valence-electron chi connectivity index (χ3n) is 8.85. The number of ether oxygens (including phenoxy) is 2. The molecular weight excluding hydrogens is 496 g/mol. The fourth-order valence-corrected chi connectivity index (χ4v) is 8.25. The van der Waals surface area contributed by atoms with Gasteiger partial charge in [-0.05, 0) is 91.8 Å². The van der Waals surface area contributed by atoms with Crippen LogP contribution in [0.5, 0.6) is 11.5 Å². The van der Waals surface area contributed by atoms with Gasteiger partial charge in [-0.25, -0.2) is 0 Å². The van der Waals surface area contributed by atoms with Gasteiger partial charge in [-0.2, -0.15) is 0 Å². The number of hydrogen-bond acceptors (Lipinski definition) is 5. The molecule has 7 heteroatoms. The number of benzene rings is 1. The second-order valence-corrected chi connectivity index (χ2v) is 12.5. The molecule has 0 radical (unpaired) electrons. The van der Waals surface area contributed by atoms with E-state index in [9.17, 15) is 9.59 Å². The Morgan fingerprint density at radius 2 is 1.71 bits per heavy atom. The summed E-state index contributed by atoms with van der Waals surface area (Å²) in [5, 5.41) is 2.03. The summed E-state index contributed by atoms with van der Waals surface area (Å²) < 4.78 is 10.8. The van der Waals surface area contributed by atoms with E-state index in [1.165, 1.54) is 19.3 Å². The molecule has 6 nitrogen and oxygen atoms in total. The zero-order valence-corrected chi connectivity index (χ0v) is 23.5. The standard InChI is InChI=1S/C31H40N2O4S/c1-4-10-33(30(35)31-17-23-13-24(18-31)15-25(14-23)19-31)21-29(34)32(20-26-6-5-12-38-26)11-9-22-7-8-27(36-2)28(16-22)37-3/h4-8,12,16,23-25H,1,9-11,13-15,17-21H2,2-3H3. The monoisotopic (exact) mass is 536 g/mol. The largest absolute Gasteiger partial charge is 0.493 e. The molecule has 4 saturated carbocycles. The Hall–Kier alpha value is -2.80. The molecule has 1 aromatic carbocycles. The fourth-order valence-electron chi connectivity index (χ4n) is 7.53. The average molecular weight is 537 g/mol. The van der Waals surface area contributed by atoms with Crippen molar-refractivity contribution >= 4 is 23.2 Å². The van der Waals surface area contributed by atoms with Crippen molar-refractivity contribution in [1.82, 2.24) is 9.80 Å². The SMILES string of the molecule is C=CCN(CC(=O)N(CCc1ccc(OC)c(OC)c1)Cc1cccs1)C(=O)C12CC3CC(CC(C3)C1)C2. The molecule has 4 fully saturated rings. The van der Waals surface area contributed by atoms with Crippen molar-refractivity contribution in [3.05, 3.63) is 58.8 Å². The predicted molar refractivity (Wildman–Crippen MR) is 150 cm³/mol. The number of carbonyl (C=O) groups excluding carboxylic acids is 2. The summed E-state index contributed by atoms with van der Waals surface area (Å²) in [6, 6.07) is 9.94. The van der Waals surface area contributed by atoms with E-state index < -0.39 is 0 Å². The number of carbonyl (C=O) groups is 2. The molecule has 1 heterocycles. The van der Waals surface area contributed by atoms with Crippen LogP contribution in [0.3, 0.4) is 0 Å². The lowest BCUT2D eigenvalue weighted by molar-refractivity contribution is -0.159. The van der Waals surface area contributed by atoms with E-state index in [-0.39, 0.29) is 23.8 Å². The van der Waals surface area contributed by atoms with Crippen molar-refractivity contribution < 1.29 is 19.1 Å². The zero-order chi connectivity index (χ0) is 26.7. The van der Waals surface area contributed by atoms with Crippen LogP contribution < -0.4 is 9.47 Å². The second-order valence-electron chi connectivity index (χ2n) is 11.5. The van der Waals surface area contributed by atoms with E-state index in [0.29, 0.717) is 55.3 Å². The number of methoxy groups -OCH3 is 2. The Bertz CT molecular complexity index is 1110. The Kier molecular flexibility index (Phi) is 8.12. The van der Waals surface area contributed by atoms with Gasteiger partial charge in [0.25, 0.3) is 0 Å². The highest BCUT2D eigenvalue weighted by atomic mass is 32.1. The molecule has 2 amide bonds. The highest BCUT2D eigenvalue weighted by Gasteiger charge is 2.55. The van der Waals surface area contributed by atoms with Crippen molar-refractivity contribution in [2.75, 3.05) is 33.9 Å². The number of rotatable bonds is 12. The van der Waals surface area contributed by atoms with Gasteiger partial charge in [0.1, 0.15) is 6.54 Å². The van der Waals surface area contributed by atoms with Gasteiger partial charge < -0.3 is 19.3 Å². The van der Waals surface area contributed by atoms with Gasteiger partial charge in [-0.3, -0.25) is 9.59 Å². The van der Waals surface area contributed by atoms with Crippen molar-refractivity contribution in [3.63, 3.8) is 0 Å². The summed E-state index contributed by atoms with van der Waals surface area (Å²) in [6.45, 7) is 5.52. The van der Waals surface area contributed by atoms with Gasteiger partial charge in [0, 0.05) is 18.0 Å². The molecule has 4 bridgehead atoms. The second kappa shape index (κ2) is 11.5. The Morgan fingerprint density at radius 3 is 2.29 bits per heavy atom. The molecule has 0 spiro atoms. The van der Waals surface area contributed by atoms with Gasteiger partial charge in [0.2, 0.25) is 11.8 Å². The predicted octanol–water partition coefficient (Wildman–Crippen LogP) is 5.57. The smallest absolute Gasteiger partial charge is 0.242 e. The normalized spacial score (nSPS) is 25.2. The van der Waals surface area contributed by atoms with E-state index >= 15 is 0 Å². The molecule has 4 aliphatic carbocycles. The molecule has 0 aliphatic heterocycles. The molecular formula is C31H40N2O4S. The van der Waals surface area contributed by atoms with Gasteiger partial charge in [-0.15, -0.1) is 17.9 Å². The first-order valence-electron chi connectivity index (χ1n) is 13.8. The maximum Gasteiger partial charge on any atom is 0.242 e. The number of thiophene rings is 1. The van der Waals surface area contributed by atoms with Gasteiger partial charge in [0.05, 0.1) is 26.2 Å². The van der Waals surface area contributed by atoms with Crippen LogP contribution in [0.1, 0.15) is 49.0 Å². The lowest BCUT2D eigenvalue weighted by atomic mass is 9.49. The van der Waals surface area contributed by atoms with Crippen molar-refractivity contribution in [3.8, 4) is 11.5 Å². The number of hydrogen-bond donors (Lipinski definition) is 0. The van der Waals surface area contributed by atoms with E-state index in [1.54, 1.807) is 36.5 Å². The maximum atomic E-state index is 14.1. The number of amides is 2. The lowest BCUT2D eigenvalue weighted by Gasteiger charge is -2.56. The van der Waals surface area contributed by atoms with E-state index in [0.717, 1.165) is 29.7 Å². The summed E-state index contributed by atoms with van der Waals surface area (Å²) >= 11 is 1.65. The molecule has 0 unspecified atom stereocenters. The molecule has 4 aliphatic rings. The maximum absolute atomic E-state index is 14.1. The van der Waals surface area contributed by atoms with Crippen molar-refractivity contribution in [2.45, 2.75) is 51.5 Å². The van der Waals surface area contributed by atoms with Crippen molar-refractivity contribution in [1.29, 1.82) is 0 Å². The van der Waals surface area contributed by atoms with Gasteiger partial charge in [-0.1, -0.05) is 18.2 Å². The van der Waals surface area contributed by atoms with Gasteiger partial charge in [0.15, 0.2) is 11.5 Å². The first-order chi connectivity index (χ1) is 18.4. The zero-order valence-electron chi connectivity index (χ0n) is 22.7. The van der Waals surface area contributed by atoms with E-state index in [2.05, 4.69) is 12.6 Å². The minimum absolute atomic E-state index is 0.0150. The van der Waals surface area contributed by atoms with Crippen LogP contribution in [0, 0.1) is 23.2 Å².